The normalized spacial score (nSPS) is 11.3. The number of pyridine rings is 6. The lowest BCUT2D eigenvalue weighted by Gasteiger charge is -2.15. The van der Waals surface area contributed by atoms with Crippen molar-refractivity contribution in [2.45, 2.75) is 0 Å². The monoisotopic (exact) mass is 1230 g/mol. The molecule has 7 heterocycles. The molecule has 0 radical (unpaired) electrons. The van der Waals surface area contributed by atoms with Crippen molar-refractivity contribution in [3.8, 4) is 113 Å². The number of aromatic nitrogens is 9. The third kappa shape index (κ3) is 10.9. The van der Waals surface area contributed by atoms with E-state index in [1.165, 1.54) is 16.3 Å². The van der Waals surface area contributed by atoms with Crippen LogP contribution in [-0.2, 0) is 0 Å². The molecule has 448 valence electrons. The van der Waals surface area contributed by atoms with Crippen molar-refractivity contribution in [1.82, 2.24) is 44.9 Å². The minimum atomic E-state index is 0.638. The van der Waals surface area contributed by atoms with E-state index < -0.39 is 0 Å². The molecule has 0 aliphatic carbocycles. The van der Waals surface area contributed by atoms with E-state index in [0.717, 1.165) is 144 Å². The summed E-state index contributed by atoms with van der Waals surface area (Å²) in [6.45, 7) is 0. The van der Waals surface area contributed by atoms with Crippen molar-refractivity contribution in [2.75, 3.05) is 0 Å². The van der Waals surface area contributed by atoms with E-state index in [0.29, 0.717) is 17.5 Å². The molecule has 0 spiro atoms. The first-order valence-electron chi connectivity index (χ1n) is 32.0. The van der Waals surface area contributed by atoms with Gasteiger partial charge < -0.3 is 0 Å². The van der Waals surface area contributed by atoms with Crippen molar-refractivity contribution < 1.29 is 0 Å². The molecule has 0 aliphatic rings. The molecule has 0 aliphatic heterocycles. The Hall–Kier alpha value is -13.1. The van der Waals surface area contributed by atoms with E-state index in [1.807, 2.05) is 116 Å². The molecule has 0 atom stereocenters. The fourth-order valence-corrected chi connectivity index (χ4v) is 13.1. The Labute approximate surface area is 553 Å². The summed E-state index contributed by atoms with van der Waals surface area (Å²) in [5.41, 5.74) is 21.3. The second-order valence-corrected chi connectivity index (χ2v) is 23.6. The fourth-order valence-electron chi connectivity index (χ4n) is 13.1. The Bertz CT molecular complexity index is 5860. The van der Waals surface area contributed by atoms with Crippen LogP contribution >= 0.6 is 0 Å². The van der Waals surface area contributed by atoms with Crippen LogP contribution in [0.15, 0.2) is 334 Å². The summed E-state index contributed by atoms with van der Waals surface area (Å²) in [7, 11) is 0. The Morgan fingerprint density at radius 1 is 0.208 bits per heavy atom. The first-order chi connectivity index (χ1) is 47.6. The number of benzene rings is 11. The minimum absolute atomic E-state index is 0.638. The molecule has 0 amide bonds. The Kier molecular flexibility index (Phi) is 14.7. The van der Waals surface area contributed by atoms with E-state index in [-0.39, 0.29) is 0 Å². The third-order valence-electron chi connectivity index (χ3n) is 17.8. The van der Waals surface area contributed by atoms with E-state index in [9.17, 15) is 0 Å². The first kappa shape index (κ1) is 56.8. The van der Waals surface area contributed by atoms with Gasteiger partial charge in [-0.05, 0) is 88.0 Å². The molecular weight excluding hydrogens is 1170 g/mol. The molecule has 0 bridgehead atoms. The largest absolute Gasteiger partial charge is 0.264 e. The van der Waals surface area contributed by atoms with Gasteiger partial charge in [-0.25, -0.2) is 34.9 Å². The Morgan fingerprint density at radius 2 is 0.573 bits per heavy atom. The van der Waals surface area contributed by atoms with Crippen molar-refractivity contribution >= 4 is 65.2 Å². The Morgan fingerprint density at radius 3 is 1.07 bits per heavy atom. The fraction of sp³-hybridized carbons (Fsp3) is 0. The number of hydrogen-bond donors (Lipinski definition) is 0. The second-order valence-electron chi connectivity index (χ2n) is 23.6. The molecule has 9 heteroatoms. The summed E-state index contributed by atoms with van der Waals surface area (Å²) in [5.74, 6) is 1.94. The highest BCUT2D eigenvalue weighted by atomic mass is 15.0. The van der Waals surface area contributed by atoms with Crippen LogP contribution in [0.4, 0.5) is 0 Å². The number of para-hydroxylation sites is 2. The SMILES string of the molecule is c1ccc(-c2ccc3ccc4ccc(-c5ccc(-c6cccc7c(-c8cccnc8)nc8ccccc8c67)cc5)nc4c3n2)cc1.c1ccc(-c2nc(-c3ccccc3)nc(-c3ccc(-c4cccc(-c5cccc6c(-c7cccnc7)nc7ccccc7c56)c4)cc3)n2)cc1. The standard InChI is InChI=1S/C45H29N5.C42H26N4/c1-3-12-31(13-4-1)43-48-44(32-14-5-2-6-15-32)50-45(49-43)33-25-23-30(24-26-33)34-16-9-17-35(28-34)37-20-10-21-39-41(37)38-19-7-8-22-40(38)47-42(39)36-18-11-27-46-29-36;1-2-8-28(9-3-1)36-23-21-30-19-20-31-22-24-37(45-42(31)41(30)44-36)29-17-15-27(16-18-29)33-12-6-13-35-39(33)34-11-4-5-14-38(34)46-40(35)32-10-7-25-43-26-32/h1-29H;1-26H. The lowest BCUT2D eigenvalue weighted by molar-refractivity contribution is 1.07. The number of nitrogens with zero attached hydrogens (tertiary/aromatic N) is 9. The van der Waals surface area contributed by atoms with Crippen molar-refractivity contribution in [1.29, 1.82) is 0 Å². The summed E-state index contributed by atoms with van der Waals surface area (Å²) in [5, 5.41) is 9.00. The highest BCUT2D eigenvalue weighted by Gasteiger charge is 2.19. The molecule has 0 fully saturated rings. The van der Waals surface area contributed by atoms with Gasteiger partial charge >= 0.3 is 0 Å². The van der Waals surface area contributed by atoms with Crippen LogP contribution in [0.1, 0.15) is 0 Å². The summed E-state index contributed by atoms with van der Waals surface area (Å²) in [6.07, 6.45) is 7.36. The summed E-state index contributed by atoms with van der Waals surface area (Å²) in [6, 6.07) is 107. The quantitative estimate of drug-likeness (QED) is 0.123. The van der Waals surface area contributed by atoms with Crippen molar-refractivity contribution in [2.24, 2.45) is 0 Å². The molecule has 96 heavy (non-hydrogen) atoms. The molecule has 18 aromatic rings. The van der Waals surface area contributed by atoms with Crippen LogP contribution < -0.4 is 0 Å². The zero-order chi connectivity index (χ0) is 63.7. The van der Waals surface area contributed by atoms with Gasteiger partial charge in [0.25, 0.3) is 0 Å². The van der Waals surface area contributed by atoms with Gasteiger partial charge in [-0.1, -0.05) is 255 Å². The molecule has 7 aromatic heterocycles. The molecule has 11 aromatic carbocycles. The van der Waals surface area contributed by atoms with Gasteiger partial charge in [-0.2, -0.15) is 0 Å². The predicted molar refractivity (Wildman–Crippen MR) is 392 cm³/mol. The van der Waals surface area contributed by atoms with Crippen LogP contribution in [0, 0.1) is 0 Å². The predicted octanol–water partition coefficient (Wildman–Crippen LogP) is 21.5. The van der Waals surface area contributed by atoms with Crippen LogP contribution in [-0.4, -0.2) is 44.9 Å². The Balaban J connectivity index is 0.000000146. The molecule has 0 N–H and O–H groups in total. The number of rotatable bonds is 10. The van der Waals surface area contributed by atoms with Crippen molar-refractivity contribution in [3.63, 3.8) is 0 Å². The molecule has 9 nitrogen and oxygen atoms in total. The van der Waals surface area contributed by atoms with Gasteiger partial charge in [-0.15, -0.1) is 0 Å². The number of hydrogen-bond acceptors (Lipinski definition) is 9. The topological polar surface area (TPSA) is 116 Å². The van der Waals surface area contributed by atoms with E-state index >= 15 is 0 Å². The maximum Gasteiger partial charge on any atom is 0.164 e. The first-order valence-corrected chi connectivity index (χ1v) is 32.0. The highest BCUT2D eigenvalue weighted by molar-refractivity contribution is 6.18. The average molecular weight is 1230 g/mol. The van der Waals surface area contributed by atoms with E-state index in [1.54, 1.807) is 12.4 Å². The zero-order valence-corrected chi connectivity index (χ0v) is 51.8. The average Bonchev–Trinajstić information content (AvgIpc) is 0.783. The summed E-state index contributed by atoms with van der Waals surface area (Å²) in [4.78, 5) is 43.8. The van der Waals surface area contributed by atoms with Gasteiger partial charge in [0.05, 0.1) is 44.8 Å². The maximum atomic E-state index is 5.17. The molecule has 0 saturated heterocycles. The third-order valence-corrected chi connectivity index (χ3v) is 17.8. The van der Waals surface area contributed by atoms with Crippen LogP contribution in [0.3, 0.4) is 0 Å². The van der Waals surface area contributed by atoms with E-state index in [4.69, 9.17) is 34.9 Å². The van der Waals surface area contributed by atoms with Crippen LogP contribution in [0.2, 0.25) is 0 Å². The van der Waals surface area contributed by atoms with Crippen LogP contribution in [0.25, 0.3) is 178 Å². The maximum absolute atomic E-state index is 5.17. The minimum Gasteiger partial charge on any atom is -0.264 e. The van der Waals surface area contributed by atoms with E-state index in [2.05, 4.69) is 216 Å². The van der Waals surface area contributed by atoms with Gasteiger partial charge in [-0.3, -0.25) is 9.97 Å². The molecule has 0 unspecified atom stereocenters. The van der Waals surface area contributed by atoms with Crippen molar-refractivity contribution in [3.05, 3.63) is 334 Å². The van der Waals surface area contributed by atoms with Gasteiger partial charge in [0, 0.05) is 107 Å². The van der Waals surface area contributed by atoms with Gasteiger partial charge in [0.1, 0.15) is 0 Å². The number of fused-ring (bicyclic) bond motifs is 9. The molecule has 18 rings (SSSR count). The lowest BCUT2D eigenvalue weighted by Crippen LogP contribution is -2.00. The van der Waals surface area contributed by atoms with Gasteiger partial charge in [0.15, 0.2) is 17.5 Å². The smallest absolute Gasteiger partial charge is 0.164 e. The van der Waals surface area contributed by atoms with Crippen LogP contribution in [0.5, 0.6) is 0 Å². The highest BCUT2D eigenvalue weighted by Crippen LogP contribution is 2.42. The summed E-state index contributed by atoms with van der Waals surface area (Å²) >= 11 is 0. The summed E-state index contributed by atoms with van der Waals surface area (Å²) < 4.78 is 0. The molecule has 0 saturated carbocycles. The lowest BCUT2D eigenvalue weighted by atomic mass is 9.91. The van der Waals surface area contributed by atoms with Gasteiger partial charge in [0.2, 0.25) is 0 Å². The molecular formula is C87H55N9. The second kappa shape index (κ2) is 24.8. The zero-order valence-electron chi connectivity index (χ0n) is 51.8.